The maximum Gasteiger partial charge on any atom is 0.252 e. The number of aromatic nitrogens is 2. The van der Waals surface area contributed by atoms with Crippen LogP contribution in [0.15, 0.2) is 59.8 Å². The van der Waals surface area contributed by atoms with E-state index in [-0.39, 0.29) is 16.2 Å². The molecule has 0 bridgehead atoms. The van der Waals surface area contributed by atoms with E-state index in [1.54, 1.807) is 31.6 Å². The minimum absolute atomic E-state index is 0.0874. The highest BCUT2D eigenvalue weighted by Crippen LogP contribution is 2.28. The van der Waals surface area contributed by atoms with Gasteiger partial charge < -0.3 is 19.4 Å². The van der Waals surface area contributed by atoms with E-state index in [0.29, 0.717) is 11.6 Å². The lowest BCUT2D eigenvalue weighted by Crippen LogP contribution is -2.31. The first-order valence-electron chi connectivity index (χ1n) is 9.71. The molecule has 1 unspecified atom stereocenters. The Morgan fingerprint density at radius 3 is 2.31 bits per heavy atom. The Hall–Kier alpha value is -3.37. The molecule has 0 aliphatic rings. The molecule has 32 heavy (non-hydrogen) atoms. The van der Waals surface area contributed by atoms with Crippen LogP contribution in [0.2, 0.25) is 0 Å². The van der Waals surface area contributed by atoms with E-state index in [9.17, 15) is 13.2 Å². The number of ether oxygens (including phenoxy) is 2. The highest BCUT2D eigenvalue weighted by molar-refractivity contribution is 7.89. The summed E-state index contributed by atoms with van der Waals surface area (Å²) >= 11 is 0. The van der Waals surface area contributed by atoms with Gasteiger partial charge in [0.1, 0.15) is 28.3 Å². The maximum atomic E-state index is 13.2. The third-order valence-corrected chi connectivity index (χ3v) is 6.86. The standard InChI is InChI=1S/C22H26N4O5S/c1-25(2)32(28,29)19-14-16(8-11-18(19)31-5)22(27)24-20(21-23-12-13-26(21)3)15-6-9-17(30-4)10-7-15/h6-14,20H,1-5H3,(H,24,27). The SMILES string of the molecule is COc1ccc(C(NC(=O)c2ccc(OC)c(S(=O)(=O)N(C)C)c2)c2nccn2C)cc1. The number of hydrogen-bond donors (Lipinski definition) is 1. The molecule has 1 heterocycles. The van der Waals surface area contributed by atoms with Gasteiger partial charge in [-0.1, -0.05) is 12.1 Å². The van der Waals surface area contributed by atoms with E-state index < -0.39 is 22.0 Å². The van der Waals surface area contributed by atoms with E-state index in [1.165, 1.54) is 39.4 Å². The van der Waals surface area contributed by atoms with Crippen LogP contribution >= 0.6 is 0 Å². The number of nitrogens with one attached hydrogen (secondary N) is 1. The van der Waals surface area contributed by atoms with Gasteiger partial charge in [0.05, 0.1) is 14.2 Å². The van der Waals surface area contributed by atoms with Gasteiger partial charge in [0.2, 0.25) is 10.0 Å². The van der Waals surface area contributed by atoms with Crippen LogP contribution < -0.4 is 14.8 Å². The highest BCUT2D eigenvalue weighted by atomic mass is 32.2. The van der Waals surface area contributed by atoms with Crippen LogP contribution in [-0.2, 0) is 17.1 Å². The number of carbonyl (C=O) groups excluding carboxylic acids is 1. The van der Waals surface area contributed by atoms with E-state index >= 15 is 0 Å². The summed E-state index contributed by atoms with van der Waals surface area (Å²) in [5, 5.41) is 2.96. The minimum atomic E-state index is -3.82. The second-order valence-corrected chi connectivity index (χ2v) is 9.35. The van der Waals surface area contributed by atoms with Crippen molar-refractivity contribution < 1.29 is 22.7 Å². The van der Waals surface area contributed by atoms with Crippen molar-refractivity contribution in [3.05, 3.63) is 71.8 Å². The topological polar surface area (TPSA) is 103 Å². The number of amides is 1. The monoisotopic (exact) mass is 458 g/mol. The summed E-state index contributed by atoms with van der Waals surface area (Å²) in [4.78, 5) is 17.5. The van der Waals surface area contributed by atoms with Crippen LogP contribution in [0.3, 0.4) is 0 Å². The summed E-state index contributed by atoms with van der Waals surface area (Å²) in [6, 6.07) is 11.0. The summed E-state index contributed by atoms with van der Waals surface area (Å²) in [5.74, 6) is 1.02. The third kappa shape index (κ3) is 4.61. The van der Waals surface area contributed by atoms with Gasteiger partial charge in [-0.25, -0.2) is 17.7 Å². The average Bonchev–Trinajstić information content (AvgIpc) is 3.22. The molecule has 3 rings (SSSR count). The number of carbonyl (C=O) groups is 1. The molecule has 0 aliphatic heterocycles. The van der Waals surface area contributed by atoms with Crippen LogP contribution in [0.5, 0.6) is 11.5 Å². The summed E-state index contributed by atoms with van der Waals surface area (Å²) in [6.07, 6.45) is 3.43. The highest BCUT2D eigenvalue weighted by Gasteiger charge is 2.26. The van der Waals surface area contributed by atoms with Crippen molar-refractivity contribution in [2.75, 3.05) is 28.3 Å². The zero-order valence-electron chi connectivity index (χ0n) is 18.6. The Labute approximate surface area is 187 Å². The van der Waals surface area contributed by atoms with Gasteiger partial charge in [0.25, 0.3) is 5.91 Å². The maximum absolute atomic E-state index is 13.2. The van der Waals surface area contributed by atoms with Crippen LogP contribution in [0.1, 0.15) is 27.8 Å². The molecule has 10 heteroatoms. The van der Waals surface area contributed by atoms with Gasteiger partial charge in [0, 0.05) is 39.1 Å². The van der Waals surface area contributed by atoms with Crippen LogP contribution in [0.4, 0.5) is 0 Å². The first kappa shape index (κ1) is 23.3. The zero-order chi connectivity index (χ0) is 23.5. The molecule has 0 aliphatic carbocycles. The van der Waals surface area contributed by atoms with Crippen molar-refractivity contribution in [2.24, 2.45) is 7.05 Å². The van der Waals surface area contributed by atoms with Crippen LogP contribution in [0.25, 0.3) is 0 Å². The normalized spacial score (nSPS) is 12.4. The quantitative estimate of drug-likeness (QED) is 0.555. The summed E-state index contributed by atoms with van der Waals surface area (Å²) < 4.78 is 38.7. The molecule has 1 N–H and O–H groups in total. The van der Waals surface area contributed by atoms with E-state index in [2.05, 4.69) is 10.3 Å². The number of methoxy groups -OCH3 is 2. The fraction of sp³-hybridized carbons (Fsp3) is 0.273. The largest absolute Gasteiger partial charge is 0.497 e. The first-order chi connectivity index (χ1) is 15.2. The van der Waals surface area contributed by atoms with Crippen molar-refractivity contribution in [2.45, 2.75) is 10.9 Å². The third-order valence-electron chi connectivity index (χ3n) is 5.03. The number of hydrogen-bond acceptors (Lipinski definition) is 6. The predicted molar refractivity (Wildman–Crippen MR) is 119 cm³/mol. The summed E-state index contributed by atoms with van der Waals surface area (Å²) in [5.41, 5.74) is 0.974. The smallest absolute Gasteiger partial charge is 0.252 e. The molecule has 3 aromatic rings. The van der Waals surface area contributed by atoms with Crippen LogP contribution in [-0.4, -0.2) is 56.5 Å². The molecule has 1 aromatic heterocycles. The van der Waals surface area contributed by atoms with Crippen molar-refractivity contribution in [3.63, 3.8) is 0 Å². The van der Waals surface area contributed by atoms with Crippen molar-refractivity contribution in [1.29, 1.82) is 0 Å². The number of nitrogens with zero attached hydrogens (tertiary/aromatic N) is 3. The second kappa shape index (κ2) is 9.41. The molecule has 170 valence electrons. The van der Waals surface area contributed by atoms with Crippen molar-refractivity contribution in [3.8, 4) is 11.5 Å². The molecular formula is C22H26N4O5S. The lowest BCUT2D eigenvalue weighted by Gasteiger charge is -2.20. The van der Waals surface area contributed by atoms with Crippen molar-refractivity contribution >= 4 is 15.9 Å². The van der Waals surface area contributed by atoms with E-state index in [1.807, 2.05) is 23.7 Å². The van der Waals surface area contributed by atoms with Crippen LogP contribution in [0, 0.1) is 0 Å². The molecule has 9 nitrogen and oxygen atoms in total. The van der Waals surface area contributed by atoms with E-state index in [0.717, 1.165) is 9.87 Å². The molecule has 0 saturated heterocycles. The van der Waals surface area contributed by atoms with Gasteiger partial charge in [-0.2, -0.15) is 0 Å². The molecule has 2 aromatic carbocycles. The Bertz CT molecular complexity index is 1200. The van der Waals surface area contributed by atoms with Gasteiger partial charge in [-0.05, 0) is 35.9 Å². The second-order valence-electron chi connectivity index (χ2n) is 7.23. The van der Waals surface area contributed by atoms with Gasteiger partial charge in [-0.15, -0.1) is 0 Å². The number of benzene rings is 2. The lowest BCUT2D eigenvalue weighted by atomic mass is 10.0. The Balaban J connectivity index is 2.00. The van der Waals surface area contributed by atoms with Gasteiger partial charge in [-0.3, -0.25) is 4.79 Å². The number of imidazole rings is 1. The zero-order valence-corrected chi connectivity index (χ0v) is 19.4. The number of rotatable bonds is 8. The van der Waals surface area contributed by atoms with Gasteiger partial charge in [0.15, 0.2) is 0 Å². The molecule has 0 fully saturated rings. The molecule has 0 spiro atoms. The number of sulfonamides is 1. The molecule has 1 atom stereocenters. The molecule has 0 saturated carbocycles. The Morgan fingerprint density at radius 1 is 1.09 bits per heavy atom. The van der Waals surface area contributed by atoms with E-state index in [4.69, 9.17) is 9.47 Å². The summed E-state index contributed by atoms with van der Waals surface area (Å²) in [6.45, 7) is 0. The number of aryl methyl sites for hydroxylation is 1. The summed E-state index contributed by atoms with van der Waals surface area (Å²) in [7, 11) is 3.81. The first-order valence-corrected chi connectivity index (χ1v) is 11.2. The molecule has 0 radical (unpaired) electrons. The predicted octanol–water partition coefficient (Wildman–Crippen LogP) is 2.21. The van der Waals surface area contributed by atoms with Crippen molar-refractivity contribution in [1.82, 2.24) is 19.2 Å². The average molecular weight is 459 g/mol. The van der Waals surface area contributed by atoms with Gasteiger partial charge >= 0.3 is 0 Å². The lowest BCUT2D eigenvalue weighted by molar-refractivity contribution is 0.0941. The molecule has 1 amide bonds. The Kier molecular flexibility index (Phi) is 6.85. The fourth-order valence-electron chi connectivity index (χ4n) is 3.18. The minimum Gasteiger partial charge on any atom is -0.497 e. The Morgan fingerprint density at radius 2 is 1.78 bits per heavy atom. The fourth-order valence-corrected chi connectivity index (χ4v) is 4.25. The molecular weight excluding hydrogens is 432 g/mol.